The number of amides is 3. The first-order valence-corrected chi connectivity index (χ1v) is 6.45. The number of rotatable bonds is 4. The van der Waals surface area contributed by atoms with Gasteiger partial charge in [0.05, 0.1) is 24.9 Å². The van der Waals surface area contributed by atoms with Crippen LogP contribution in [0.5, 0.6) is 0 Å². The third kappa shape index (κ3) is 5.34. The van der Waals surface area contributed by atoms with Crippen molar-refractivity contribution in [1.29, 1.82) is 0 Å². The van der Waals surface area contributed by atoms with Gasteiger partial charge in [-0.1, -0.05) is 0 Å². The van der Waals surface area contributed by atoms with Crippen LogP contribution in [0.25, 0.3) is 0 Å². The van der Waals surface area contributed by atoms with Gasteiger partial charge in [-0.3, -0.25) is 20.2 Å². The van der Waals surface area contributed by atoms with Crippen molar-refractivity contribution >= 4 is 29.7 Å². The van der Waals surface area contributed by atoms with E-state index < -0.39 is 23.7 Å². The summed E-state index contributed by atoms with van der Waals surface area (Å²) in [5.74, 6) is -0.665. The average molecular weight is 276 g/mol. The van der Waals surface area contributed by atoms with Crippen molar-refractivity contribution in [3.63, 3.8) is 0 Å². The van der Waals surface area contributed by atoms with E-state index in [1.807, 2.05) is 0 Å². The van der Waals surface area contributed by atoms with Gasteiger partial charge in [-0.2, -0.15) is 0 Å². The van der Waals surface area contributed by atoms with Gasteiger partial charge in [0.2, 0.25) is 11.8 Å². The summed E-state index contributed by atoms with van der Waals surface area (Å²) in [7, 11) is 0. The molecule has 1 saturated heterocycles. The van der Waals surface area contributed by atoms with Crippen LogP contribution < -0.4 is 21.7 Å². The second-order valence-corrected chi connectivity index (χ2v) is 4.60. The first kappa shape index (κ1) is 14.7. The minimum Gasteiger partial charge on any atom is -0.450 e. The van der Waals surface area contributed by atoms with Crippen molar-refractivity contribution < 1.29 is 19.1 Å². The molecule has 9 heteroatoms. The van der Waals surface area contributed by atoms with E-state index in [9.17, 15) is 14.4 Å². The van der Waals surface area contributed by atoms with E-state index >= 15 is 0 Å². The molecule has 0 aromatic rings. The zero-order valence-electron chi connectivity index (χ0n) is 9.89. The summed E-state index contributed by atoms with van der Waals surface area (Å²) in [6.45, 7) is 1.84. The maximum atomic E-state index is 11.3. The molecular formula is C9H16N4O4S. The first-order chi connectivity index (χ1) is 8.51. The van der Waals surface area contributed by atoms with Gasteiger partial charge < -0.3 is 15.8 Å². The molecule has 1 fully saturated rings. The maximum Gasteiger partial charge on any atom is 0.413 e. The Bertz CT molecular complexity index is 339. The van der Waals surface area contributed by atoms with Gasteiger partial charge in [-0.05, 0) is 6.92 Å². The van der Waals surface area contributed by atoms with E-state index in [-0.39, 0.29) is 24.7 Å². The van der Waals surface area contributed by atoms with Crippen LogP contribution in [0.3, 0.4) is 0 Å². The average Bonchev–Trinajstić information content (AvgIpc) is 2.25. The normalized spacial score (nSPS) is 23.1. The summed E-state index contributed by atoms with van der Waals surface area (Å²) in [6, 6.07) is 0. The molecule has 18 heavy (non-hydrogen) atoms. The van der Waals surface area contributed by atoms with Gasteiger partial charge in [0, 0.05) is 0 Å². The summed E-state index contributed by atoms with van der Waals surface area (Å²) in [5.41, 5.74) is 5.15. The highest BCUT2D eigenvalue weighted by Crippen LogP contribution is 2.09. The lowest BCUT2D eigenvalue weighted by molar-refractivity contribution is -0.123. The van der Waals surface area contributed by atoms with E-state index in [0.717, 1.165) is 11.8 Å². The molecule has 1 heterocycles. The Labute approximate surface area is 108 Å². The number of hydrogen-bond acceptors (Lipinski definition) is 7. The van der Waals surface area contributed by atoms with Crippen LogP contribution in [0.15, 0.2) is 0 Å². The predicted octanol–water partition coefficient (Wildman–Crippen LogP) is -1.33. The van der Waals surface area contributed by atoms with E-state index in [1.165, 1.54) is 0 Å². The number of imide groups is 1. The van der Waals surface area contributed by atoms with Gasteiger partial charge >= 0.3 is 6.09 Å². The molecule has 8 nitrogen and oxygen atoms in total. The minimum absolute atomic E-state index is 0.00345. The molecule has 2 unspecified atom stereocenters. The lowest BCUT2D eigenvalue weighted by Gasteiger charge is -2.28. The summed E-state index contributed by atoms with van der Waals surface area (Å²) in [6.07, 6.45) is -1.00. The standard InChI is InChI=1S/C9H16N4O4S/c1-2-17-9(16)13-7(15)4-18-8-11-5(10)3-6(14)12-8/h5,8,11H,2-4,10H2,1H3,(H,12,14)(H,13,15,16). The molecule has 0 aromatic carbocycles. The summed E-state index contributed by atoms with van der Waals surface area (Å²) in [5, 5.41) is 7.56. The minimum atomic E-state index is -0.777. The van der Waals surface area contributed by atoms with Crippen LogP contribution in [-0.4, -0.2) is 41.9 Å². The van der Waals surface area contributed by atoms with Crippen LogP contribution >= 0.6 is 11.8 Å². The molecule has 0 aromatic heterocycles. The third-order valence-electron chi connectivity index (χ3n) is 1.96. The Kier molecular flexibility index (Phi) is 5.89. The van der Waals surface area contributed by atoms with Gasteiger partial charge in [-0.15, -0.1) is 11.8 Å². The summed E-state index contributed by atoms with van der Waals surface area (Å²) in [4.78, 5) is 33.4. The van der Waals surface area contributed by atoms with Crippen molar-refractivity contribution in [3.8, 4) is 0 Å². The van der Waals surface area contributed by atoms with Gasteiger partial charge in [0.15, 0.2) is 0 Å². The fourth-order valence-corrected chi connectivity index (χ4v) is 2.14. The molecule has 1 rings (SSSR count). The number of nitrogens with two attached hydrogens (primary N) is 1. The fraction of sp³-hybridized carbons (Fsp3) is 0.667. The van der Waals surface area contributed by atoms with Crippen molar-refractivity contribution in [1.82, 2.24) is 16.0 Å². The van der Waals surface area contributed by atoms with Crippen molar-refractivity contribution in [2.24, 2.45) is 5.73 Å². The number of alkyl carbamates (subject to hydrolysis) is 1. The van der Waals surface area contributed by atoms with E-state index in [1.54, 1.807) is 6.92 Å². The molecule has 1 aliphatic rings. The maximum absolute atomic E-state index is 11.3. The lowest BCUT2D eigenvalue weighted by atomic mass is 10.3. The van der Waals surface area contributed by atoms with Crippen molar-refractivity contribution in [3.05, 3.63) is 0 Å². The second kappa shape index (κ2) is 7.19. The number of thioether (sulfide) groups is 1. The Balaban J connectivity index is 2.25. The largest absolute Gasteiger partial charge is 0.450 e. The number of hydrogen-bond donors (Lipinski definition) is 4. The highest BCUT2D eigenvalue weighted by molar-refractivity contribution is 8.00. The zero-order valence-corrected chi connectivity index (χ0v) is 10.7. The smallest absolute Gasteiger partial charge is 0.413 e. The third-order valence-corrected chi connectivity index (χ3v) is 2.98. The quantitative estimate of drug-likeness (QED) is 0.501. The fourth-order valence-electron chi connectivity index (χ4n) is 1.27. The predicted molar refractivity (Wildman–Crippen MR) is 65.3 cm³/mol. The van der Waals surface area contributed by atoms with Crippen LogP contribution in [0.1, 0.15) is 13.3 Å². The Morgan fingerprint density at radius 1 is 1.61 bits per heavy atom. The molecule has 0 aliphatic carbocycles. The number of nitrogens with one attached hydrogen (secondary N) is 3. The highest BCUT2D eigenvalue weighted by Gasteiger charge is 2.24. The number of carbonyl (C=O) groups is 3. The first-order valence-electron chi connectivity index (χ1n) is 5.40. The second-order valence-electron chi connectivity index (χ2n) is 3.50. The summed E-state index contributed by atoms with van der Waals surface area (Å²) >= 11 is 1.13. The zero-order chi connectivity index (χ0) is 13.5. The molecule has 3 amide bonds. The van der Waals surface area contributed by atoms with Gasteiger partial charge in [-0.25, -0.2) is 4.79 Å². The topological polar surface area (TPSA) is 123 Å². The molecule has 0 saturated carbocycles. The van der Waals surface area contributed by atoms with Crippen LogP contribution in [0, 0.1) is 0 Å². The molecule has 0 radical (unpaired) electrons. The highest BCUT2D eigenvalue weighted by atomic mass is 32.2. The SMILES string of the molecule is CCOC(=O)NC(=O)CSC1NC(=O)CC(N)N1. The molecule has 1 aliphatic heterocycles. The Morgan fingerprint density at radius 3 is 2.94 bits per heavy atom. The van der Waals surface area contributed by atoms with Gasteiger partial charge in [0.25, 0.3) is 0 Å². The molecule has 0 bridgehead atoms. The molecular weight excluding hydrogens is 260 g/mol. The lowest BCUT2D eigenvalue weighted by Crippen LogP contribution is -2.58. The summed E-state index contributed by atoms with van der Waals surface area (Å²) < 4.78 is 4.55. The Morgan fingerprint density at radius 2 is 2.33 bits per heavy atom. The Hall–Kier alpha value is -1.32. The van der Waals surface area contributed by atoms with Crippen molar-refractivity contribution in [2.75, 3.05) is 12.4 Å². The van der Waals surface area contributed by atoms with Crippen LogP contribution in [-0.2, 0) is 14.3 Å². The van der Waals surface area contributed by atoms with Crippen molar-refractivity contribution in [2.45, 2.75) is 25.0 Å². The monoisotopic (exact) mass is 276 g/mol. The van der Waals surface area contributed by atoms with Crippen LogP contribution in [0.4, 0.5) is 4.79 Å². The van der Waals surface area contributed by atoms with E-state index in [2.05, 4.69) is 20.7 Å². The van der Waals surface area contributed by atoms with Gasteiger partial charge in [0.1, 0.15) is 5.50 Å². The number of carbonyl (C=O) groups excluding carboxylic acids is 3. The van der Waals surface area contributed by atoms with Crippen LogP contribution in [0.2, 0.25) is 0 Å². The molecule has 0 spiro atoms. The molecule has 5 N–H and O–H groups in total. The molecule has 102 valence electrons. The number of ether oxygens (including phenoxy) is 1. The van der Waals surface area contributed by atoms with E-state index in [0.29, 0.717) is 0 Å². The van der Waals surface area contributed by atoms with E-state index in [4.69, 9.17) is 5.73 Å². The molecule has 2 atom stereocenters.